The minimum Gasteiger partial charge on any atom is -0.392 e. The lowest BCUT2D eigenvalue weighted by Crippen LogP contribution is -2.36. The van der Waals surface area contributed by atoms with Crippen molar-refractivity contribution in [1.82, 2.24) is 0 Å². The molecule has 0 aliphatic heterocycles. The van der Waals surface area contributed by atoms with Crippen molar-refractivity contribution >= 4 is 11.6 Å². The third kappa shape index (κ3) is 2.46. The van der Waals surface area contributed by atoms with Crippen molar-refractivity contribution in [3.63, 3.8) is 0 Å². The van der Waals surface area contributed by atoms with E-state index in [9.17, 15) is 9.50 Å². The molecule has 94 valence electrons. The van der Waals surface area contributed by atoms with Gasteiger partial charge in [0.2, 0.25) is 0 Å². The lowest BCUT2D eigenvalue weighted by Gasteiger charge is -2.35. The molecule has 17 heavy (non-hydrogen) atoms. The van der Waals surface area contributed by atoms with E-state index in [1.54, 1.807) is 12.1 Å². The minimum absolute atomic E-state index is 0.207. The zero-order valence-electron chi connectivity index (χ0n) is 9.57. The van der Waals surface area contributed by atoms with E-state index in [-0.39, 0.29) is 18.3 Å². The number of benzene rings is 1. The van der Waals surface area contributed by atoms with Crippen molar-refractivity contribution < 1.29 is 9.50 Å². The molecule has 1 aliphatic rings. The van der Waals surface area contributed by atoms with Gasteiger partial charge in [0, 0.05) is 23.0 Å². The predicted molar refractivity (Wildman–Crippen MR) is 66.6 cm³/mol. The summed E-state index contributed by atoms with van der Waals surface area (Å²) in [5.74, 6) is -0.556. The summed E-state index contributed by atoms with van der Waals surface area (Å²) < 4.78 is 13.8. The molecule has 1 aromatic carbocycles. The van der Waals surface area contributed by atoms with Gasteiger partial charge in [-0.25, -0.2) is 4.39 Å². The zero-order valence-corrected chi connectivity index (χ0v) is 10.3. The molecular weight excluding hydrogens is 241 g/mol. The highest BCUT2D eigenvalue weighted by molar-refractivity contribution is 6.31. The SMILES string of the molecule is NCC(c1c(F)cccc1Cl)C(O)C1CCC1. The second-order valence-electron chi connectivity index (χ2n) is 4.66. The molecule has 0 aromatic heterocycles. The van der Waals surface area contributed by atoms with Crippen LogP contribution in [0.2, 0.25) is 5.02 Å². The van der Waals surface area contributed by atoms with Crippen LogP contribution in [0.25, 0.3) is 0 Å². The van der Waals surface area contributed by atoms with E-state index in [0.29, 0.717) is 10.6 Å². The number of halogens is 2. The van der Waals surface area contributed by atoms with Gasteiger partial charge in [-0.2, -0.15) is 0 Å². The summed E-state index contributed by atoms with van der Waals surface area (Å²) >= 11 is 6.01. The first-order valence-corrected chi connectivity index (χ1v) is 6.35. The highest BCUT2D eigenvalue weighted by atomic mass is 35.5. The molecular formula is C13H17ClFNO. The molecule has 0 spiro atoms. The third-order valence-electron chi connectivity index (χ3n) is 3.67. The number of hydrogen-bond donors (Lipinski definition) is 2. The molecule has 1 fully saturated rings. The molecule has 0 saturated heterocycles. The van der Waals surface area contributed by atoms with E-state index in [1.807, 2.05) is 0 Å². The van der Waals surface area contributed by atoms with Crippen LogP contribution in [0, 0.1) is 11.7 Å². The molecule has 2 rings (SSSR count). The second kappa shape index (κ2) is 5.34. The van der Waals surface area contributed by atoms with Gasteiger partial charge in [0.15, 0.2) is 0 Å². The average molecular weight is 258 g/mol. The van der Waals surface area contributed by atoms with Crippen LogP contribution >= 0.6 is 11.6 Å². The first-order valence-electron chi connectivity index (χ1n) is 5.97. The lowest BCUT2D eigenvalue weighted by molar-refractivity contribution is 0.0411. The number of hydrogen-bond acceptors (Lipinski definition) is 2. The molecule has 2 nitrogen and oxygen atoms in total. The molecule has 1 aromatic rings. The Bertz CT molecular complexity index is 375. The molecule has 2 atom stereocenters. The minimum atomic E-state index is -0.594. The normalized spacial score (nSPS) is 19.8. The Balaban J connectivity index is 2.27. The van der Waals surface area contributed by atoms with E-state index in [1.165, 1.54) is 6.07 Å². The van der Waals surface area contributed by atoms with Gasteiger partial charge in [-0.05, 0) is 30.9 Å². The van der Waals surface area contributed by atoms with Crippen molar-refractivity contribution in [2.45, 2.75) is 31.3 Å². The summed E-state index contributed by atoms with van der Waals surface area (Å²) in [5, 5.41) is 10.6. The summed E-state index contributed by atoms with van der Waals surface area (Å²) in [7, 11) is 0. The largest absolute Gasteiger partial charge is 0.392 e. The van der Waals surface area contributed by atoms with Gasteiger partial charge < -0.3 is 10.8 Å². The maximum absolute atomic E-state index is 13.8. The fraction of sp³-hybridized carbons (Fsp3) is 0.538. The quantitative estimate of drug-likeness (QED) is 0.871. The van der Waals surface area contributed by atoms with Gasteiger partial charge in [0.05, 0.1) is 6.10 Å². The summed E-state index contributed by atoms with van der Waals surface area (Å²) in [6.45, 7) is 0.207. The maximum Gasteiger partial charge on any atom is 0.128 e. The van der Waals surface area contributed by atoms with Crippen LogP contribution in [0.15, 0.2) is 18.2 Å². The number of aliphatic hydroxyl groups excluding tert-OH is 1. The van der Waals surface area contributed by atoms with Crippen molar-refractivity contribution in [3.05, 3.63) is 34.6 Å². The van der Waals surface area contributed by atoms with Gasteiger partial charge in [-0.15, -0.1) is 0 Å². The van der Waals surface area contributed by atoms with Gasteiger partial charge in [0.1, 0.15) is 5.82 Å². The highest BCUT2D eigenvalue weighted by Gasteiger charge is 2.34. The van der Waals surface area contributed by atoms with E-state index in [2.05, 4.69) is 0 Å². The van der Waals surface area contributed by atoms with Crippen molar-refractivity contribution in [2.75, 3.05) is 6.54 Å². The Morgan fingerprint density at radius 1 is 1.47 bits per heavy atom. The molecule has 1 aliphatic carbocycles. The molecule has 0 radical (unpaired) electrons. The third-order valence-corrected chi connectivity index (χ3v) is 4.00. The summed E-state index contributed by atoms with van der Waals surface area (Å²) in [5.41, 5.74) is 6.03. The lowest BCUT2D eigenvalue weighted by atomic mass is 9.75. The van der Waals surface area contributed by atoms with Crippen molar-refractivity contribution in [2.24, 2.45) is 11.7 Å². The van der Waals surface area contributed by atoms with Crippen LogP contribution < -0.4 is 5.73 Å². The van der Waals surface area contributed by atoms with Gasteiger partial charge >= 0.3 is 0 Å². The Morgan fingerprint density at radius 2 is 2.18 bits per heavy atom. The van der Waals surface area contributed by atoms with Crippen molar-refractivity contribution in [1.29, 1.82) is 0 Å². The van der Waals surface area contributed by atoms with Crippen LogP contribution in [0.5, 0.6) is 0 Å². The van der Waals surface area contributed by atoms with Crippen LogP contribution in [-0.4, -0.2) is 17.8 Å². The van der Waals surface area contributed by atoms with Crippen molar-refractivity contribution in [3.8, 4) is 0 Å². The van der Waals surface area contributed by atoms with Crippen LogP contribution in [0.3, 0.4) is 0 Å². The zero-order chi connectivity index (χ0) is 12.4. The van der Waals surface area contributed by atoms with Gasteiger partial charge in [0.25, 0.3) is 0 Å². The summed E-state index contributed by atoms with van der Waals surface area (Å²) in [6, 6.07) is 4.55. The molecule has 0 heterocycles. The highest BCUT2D eigenvalue weighted by Crippen LogP contribution is 2.38. The number of nitrogens with two attached hydrogens (primary N) is 1. The number of rotatable bonds is 4. The summed E-state index contributed by atoms with van der Waals surface area (Å²) in [4.78, 5) is 0. The van der Waals surface area contributed by atoms with Crippen LogP contribution in [0.1, 0.15) is 30.7 Å². The molecule has 0 amide bonds. The van der Waals surface area contributed by atoms with E-state index in [0.717, 1.165) is 19.3 Å². The summed E-state index contributed by atoms with van der Waals surface area (Å²) in [6.07, 6.45) is 2.51. The first-order chi connectivity index (χ1) is 8.15. The average Bonchev–Trinajstić information content (AvgIpc) is 2.21. The molecule has 2 unspecified atom stereocenters. The standard InChI is InChI=1S/C13H17ClFNO/c14-10-5-2-6-11(15)12(10)9(7-16)13(17)8-3-1-4-8/h2,5-6,8-9,13,17H,1,3-4,7,16H2. The number of aliphatic hydroxyl groups is 1. The van der Waals surface area contributed by atoms with E-state index >= 15 is 0 Å². The molecule has 3 N–H and O–H groups in total. The Hall–Kier alpha value is -0.640. The topological polar surface area (TPSA) is 46.2 Å². The monoisotopic (exact) mass is 257 g/mol. The fourth-order valence-corrected chi connectivity index (χ4v) is 2.71. The predicted octanol–water partition coefficient (Wildman–Crippen LogP) is 2.68. The Kier molecular flexibility index (Phi) is 4.02. The van der Waals surface area contributed by atoms with E-state index in [4.69, 9.17) is 17.3 Å². The van der Waals surface area contributed by atoms with Gasteiger partial charge in [-0.3, -0.25) is 0 Å². The molecule has 0 bridgehead atoms. The Labute approximate surface area is 106 Å². The molecule has 1 saturated carbocycles. The van der Waals surface area contributed by atoms with Crippen LogP contribution in [-0.2, 0) is 0 Å². The van der Waals surface area contributed by atoms with E-state index < -0.39 is 12.0 Å². The Morgan fingerprint density at radius 3 is 2.65 bits per heavy atom. The van der Waals surface area contributed by atoms with Crippen LogP contribution in [0.4, 0.5) is 4.39 Å². The smallest absolute Gasteiger partial charge is 0.128 e. The molecule has 4 heteroatoms. The van der Waals surface area contributed by atoms with Gasteiger partial charge in [-0.1, -0.05) is 24.1 Å². The first kappa shape index (κ1) is 12.8. The second-order valence-corrected chi connectivity index (χ2v) is 5.07. The maximum atomic E-state index is 13.8. The fourth-order valence-electron chi connectivity index (χ4n) is 2.40.